The highest BCUT2D eigenvalue weighted by Gasteiger charge is 2.14. The van der Waals surface area contributed by atoms with Crippen LogP contribution in [0.25, 0.3) is 10.9 Å². The molecule has 1 heterocycles. The zero-order chi connectivity index (χ0) is 10.8. The fraction of sp³-hybridized carbons (Fsp3) is 0.250. The molecule has 3 heteroatoms. The minimum Gasteiger partial charge on any atom is -0.358 e. The van der Waals surface area contributed by atoms with Gasteiger partial charge in [0.2, 0.25) is 0 Å². The number of hydrogen-bond donors (Lipinski definition) is 2. The molecule has 1 aromatic heterocycles. The molecule has 78 valence electrons. The fourth-order valence-electron chi connectivity index (χ4n) is 1.86. The Morgan fingerprint density at radius 3 is 2.87 bits per heavy atom. The van der Waals surface area contributed by atoms with E-state index in [9.17, 15) is 4.79 Å². The number of aryl methyl sites for hydroxylation is 1. The summed E-state index contributed by atoms with van der Waals surface area (Å²) >= 11 is 4.09. The lowest BCUT2D eigenvalue weighted by molar-refractivity contribution is 0.0990. The molecule has 0 atom stereocenters. The molecule has 2 rings (SSSR count). The van der Waals surface area contributed by atoms with Crippen molar-refractivity contribution in [2.24, 2.45) is 0 Å². The van der Waals surface area contributed by atoms with E-state index in [0.29, 0.717) is 12.2 Å². The second-order valence-electron chi connectivity index (χ2n) is 3.57. The van der Waals surface area contributed by atoms with Crippen molar-refractivity contribution in [2.45, 2.75) is 13.3 Å². The molecule has 0 saturated heterocycles. The highest BCUT2D eigenvalue weighted by Crippen LogP contribution is 2.23. The monoisotopic (exact) mass is 219 g/mol. The summed E-state index contributed by atoms with van der Waals surface area (Å²) in [6, 6.07) is 7.88. The number of thiol groups is 1. The lowest BCUT2D eigenvalue weighted by atomic mass is 10.1. The van der Waals surface area contributed by atoms with Crippen molar-refractivity contribution < 1.29 is 4.79 Å². The van der Waals surface area contributed by atoms with Crippen molar-refractivity contribution in [1.29, 1.82) is 0 Å². The lowest BCUT2D eigenvalue weighted by Crippen LogP contribution is -2.00. The average molecular weight is 219 g/mol. The van der Waals surface area contributed by atoms with E-state index in [4.69, 9.17) is 0 Å². The number of hydrogen-bond acceptors (Lipinski definition) is 2. The van der Waals surface area contributed by atoms with Gasteiger partial charge < -0.3 is 4.98 Å². The van der Waals surface area contributed by atoms with E-state index < -0.39 is 0 Å². The zero-order valence-corrected chi connectivity index (χ0v) is 9.47. The largest absolute Gasteiger partial charge is 0.358 e. The smallest absolute Gasteiger partial charge is 0.166 e. The molecule has 1 aromatic carbocycles. The number of nitrogens with one attached hydrogen (secondary N) is 1. The maximum Gasteiger partial charge on any atom is 0.166 e. The number of Topliss-reactive ketones (excluding diaryl/α,β-unsaturated/α-hetero) is 1. The third-order valence-corrected chi connectivity index (χ3v) is 2.73. The number of carbonyl (C=O) groups excluding carboxylic acids is 1. The number of para-hydroxylation sites is 1. The molecule has 0 fully saturated rings. The standard InChI is InChI=1S/C12H13NOS/c1-8-12(11(14)6-7-15)9-4-2-3-5-10(9)13-8/h2-5,13,15H,6-7H2,1H3. The second-order valence-corrected chi connectivity index (χ2v) is 4.01. The van der Waals surface area contributed by atoms with E-state index in [0.717, 1.165) is 22.2 Å². The molecule has 15 heavy (non-hydrogen) atoms. The third kappa shape index (κ3) is 1.79. The summed E-state index contributed by atoms with van der Waals surface area (Å²) in [5.41, 5.74) is 2.79. The van der Waals surface area contributed by atoms with E-state index in [-0.39, 0.29) is 5.78 Å². The van der Waals surface area contributed by atoms with Gasteiger partial charge in [0, 0.05) is 28.6 Å². The van der Waals surface area contributed by atoms with E-state index in [1.54, 1.807) is 0 Å². The number of rotatable bonds is 3. The van der Waals surface area contributed by atoms with Crippen LogP contribution in [0.4, 0.5) is 0 Å². The first-order valence-corrected chi connectivity index (χ1v) is 5.58. The summed E-state index contributed by atoms with van der Waals surface area (Å²) in [4.78, 5) is 15.1. The van der Waals surface area contributed by atoms with Gasteiger partial charge in [0.1, 0.15) is 0 Å². The van der Waals surface area contributed by atoms with Crippen molar-refractivity contribution in [3.8, 4) is 0 Å². The SMILES string of the molecule is Cc1[nH]c2ccccc2c1C(=O)CCS. The predicted octanol–water partition coefficient (Wildman–Crippen LogP) is 2.98. The van der Waals surface area contributed by atoms with Gasteiger partial charge in [0.25, 0.3) is 0 Å². The summed E-state index contributed by atoms with van der Waals surface area (Å²) in [6.07, 6.45) is 0.492. The van der Waals surface area contributed by atoms with Crippen molar-refractivity contribution in [1.82, 2.24) is 4.98 Å². The first kappa shape index (κ1) is 10.3. The quantitative estimate of drug-likeness (QED) is 0.604. The van der Waals surface area contributed by atoms with E-state index in [1.165, 1.54) is 0 Å². The predicted molar refractivity (Wildman–Crippen MR) is 65.8 cm³/mol. The number of aromatic amines is 1. The van der Waals surface area contributed by atoms with Crippen LogP contribution >= 0.6 is 12.6 Å². The molecule has 0 unspecified atom stereocenters. The lowest BCUT2D eigenvalue weighted by Gasteiger charge is -1.98. The van der Waals surface area contributed by atoms with Gasteiger partial charge in [-0.15, -0.1) is 0 Å². The molecular weight excluding hydrogens is 206 g/mol. The van der Waals surface area contributed by atoms with Crippen LogP contribution in [0.2, 0.25) is 0 Å². The number of benzene rings is 1. The van der Waals surface area contributed by atoms with Gasteiger partial charge in [-0.25, -0.2) is 0 Å². The van der Waals surface area contributed by atoms with Crippen LogP contribution in [0.15, 0.2) is 24.3 Å². The van der Waals surface area contributed by atoms with E-state index in [2.05, 4.69) is 17.6 Å². The summed E-state index contributed by atoms with van der Waals surface area (Å²) < 4.78 is 0. The first-order valence-electron chi connectivity index (χ1n) is 4.95. The van der Waals surface area contributed by atoms with E-state index in [1.807, 2.05) is 31.2 Å². The van der Waals surface area contributed by atoms with Crippen LogP contribution in [-0.2, 0) is 0 Å². The normalized spacial score (nSPS) is 10.8. The fourth-order valence-corrected chi connectivity index (χ4v) is 2.07. The number of carbonyl (C=O) groups is 1. The Morgan fingerprint density at radius 1 is 1.40 bits per heavy atom. The van der Waals surface area contributed by atoms with Crippen LogP contribution in [0.5, 0.6) is 0 Å². The van der Waals surface area contributed by atoms with Gasteiger partial charge in [-0.1, -0.05) is 18.2 Å². The van der Waals surface area contributed by atoms with Crippen molar-refractivity contribution >= 4 is 29.3 Å². The Hall–Kier alpha value is -1.22. The number of ketones is 1. The molecule has 0 saturated carbocycles. The molecular formula is C12H13NOS. The number of fused-ring (bicyclic) bond motifs is 1. The molecule has 0 radical (unpaired) electrons. The van der Waals surface area contributed by atoms with Gasteiger partial charge in [-0.05, 0) is 18.7 Å². The number of H-pyrrole nitrogens is 1. The summed E-state index contributed by atoms with van der Waals surface area (Å²) in [5.74, 6) is 0.762. The van der Waals surface area contributed by atoms with Crippen LogP contribution in [-0.4, -0.2) is 16.5 Å². The Bertz CT molecular complexity index is 501. The first-order chi connectivity index (χ1) is 7.24. The van der Waals surface area contributed by atoms with Crippen LogP contribution in [0.3, 0.4) is 0 Å². The Kier molecular flexibility index (Phi) is 2.82. The van der Waals surface area contributed by atoms with Crippen molar-refractivity contribution in [3.05, 3.63) is 35.5 Å². The molecule has 0 amide bonds. The highest BCUT2D eigenvalue weighted by molar-refractivity contribution is 7.80. The van der Waals surface area contributed by atoms with Crippen LogP contribution < -0.4 is 0 Å². The molecule has 0 aliphatic carbocycles. The molecule has 0 spiro atoms. The Labute approximate surface area is 94.1 Å². The molecule has 0 aliphatic rings. The molecule has 0 bridgehead atoms. The van der Waals surface area contributed by atoms with Gasteiger partial charge in [-0.2, -0.15) is 12.6 Å². The van der Waals surface area contributed by atoms with Gasteiger partial charge >= 0.3 is 0 Å². The van der Waals surface area contributed by atoms with Gasteiger partial charge in [-0.3, -0.25) is 4.79 Å². The minimum absolute atomic E-state index is 0.167. The van der Waals surface area contributed by atoms with E-state index >= 15 is 0 Å². The van der Waals surface area contributed by atoms with Gasteiger partial charge in [0.05, 0.1) is 0 Å². The highest BCUT2D eigenvalue weighted by atomic mass is 32.1. The average Bonchev–Trinajstić information content (AvgIpc) is 2.54. The molecule has 2 nitrogen and oxygen atoms in total. The summed E-state index contributed by atoms with van der Waals surface area (Å²) in [7, 11) is 0. The zero-order valence-electron chi connectivity index (χ0n) is 8.58. The summed E-state index contributed by atoms with van der Waals surface area (Å²) in [5, 5.41) is 1.02. The molecule has 1 N–H and O–H groups in total. The summed E-state index contributed by atoms with van der Waals surface area (Å²) in [6.45, 7) is 1.94. The second kappa shape index (κ2) is 4.11. The van der Waals surface area contributed by atoms with Crippen LogP contribution in [0, 0.1) is 6.92 Å². The molecule has 0 aliphatic heterocycles. The Morgan fingerprint density at radius 2 is 2.13 bits per heavy atom. The van der Waals surface area contributed by atoms with Crippen molar-refractivity contribution in [3.63, 3.8) is 0 Å². The maximum absolute atomic E-state index is 11.9. The maximum atomic E-state index is 11.9. The minimum atomic E-state index is 0.167. The molecule has 2 aromatic rings. The van der Waals surface area contributed by atoms with Crippen LogP contribution in [0.1, 0.15) is 22.5 Å². The van der Waals surface area contributed by atoms with Crippen molar-refractivity contribution in [2.75, 3.05) is 5.75 Å². The topological polar surface area (TPSA) is 32.9 Å². The Balaban J connectivity index is 2.58. The number of aromatic nitrogens is 1. The van der Waals surface area contributed by atoms with Gasteiger partial charge in [0.15, 0.2) is 5.78 Å². The third-order valence-electron chi connectivity index (χ3n) is 2.51.